The van der Waals surface area contributed by atoms with Crippen molar-refractivity contribution in [3.63, 3.8) is 0 Å². The summed E-state index contributed by atoms with van der Waals surface area (Å²) in [5.74, 6) is 0.831. The number of benzene rings is 1. The first-order valence-corrected chi connectivity index (χ1v) is 8.18. The summed E-state index contributed by atoms with van der Waals surface area (Å²) in [6.45, 7) is 5.08. The van der Waals surface area contributed by atoms with E-state index in [-0.39, 0.29) is 0 Å². The Kier molecular flexibility index (Phi) is 4.24. The Morgan fingerprint density at radius 3 is 2.86 bits per heavy atom. The molecule has 4 heteroatoms. The smallest absolute Gasteiger partial charge is 0.144 e. The van der Waals surface area contributed by atoms with Gasteiger partial charge in [0, 0.05) is 36.9 Å². The minimum atomic E-state index is 0.690. The van der Waals surface area contributed by atoms with E-state index in [0.717, 1.165) is 43.6 Å². The summed E-state index contributed by atoms with van der Waals surface area (Å²) in [7, 11) is 2.28. The Bertz CT molecular complexity index is 491. The summed E-state index contributed by atoms with van der Waals surface area (Å²) >= 11 is 0. The average molecular weight is 289 g/mol. The summed E-state index contributed by atoms with van der Waals surface area (Å²) < 4.78 is 5.77. The first-order valence-electron chi connectivity index (χ1n) is 8.18. The summed E-state index contributed by atoms with van der Waals surface area (Å²) in [5, 5.41) is 0. The molecule has 0 amide bonds. The van der Waals surface area contributed by atoms with Crippen molar-refractivity contribution < 1.29 is 4.74 Å². The van der Waals surface area contributed by atoms with Gasteiger partial charge in [0.1, 0.15) is 5.75 Å². The second-order valence-electron chi connectivity index (χ2n) is 6.36. The third-order valence-corrected chi connectivity index (χ3v) is 4.97. The van der Waals surface area contributed by atoms with Crippen LogP contribution >= 0.6 is 0 Å². The minimum Gasteiger partial charge on any atom is -0.491 e. The van der Waals surface area contributed by atoms with E-state index in [1.165, 1.54) is 24.9 Å². The van der Waals surface area contributed by atoms with Crippen molar-refractivity contribution in [1.29, 1.82) is 0 Å². The van der Waals surface area contributed by atoms with Gasteiger partial charge < -0.3 is 15.4 Å². The zero-order chi connectivity index (χ0) is 14.8. The van der Waals surface area contributed by atoms with Crippen LogP contribution in [0.2, 0.25) is 0 Å². The van der Waals surface area contributed by atoms with E-state index < -0.39 is 0 Å². The first kappa shape index (κ1) is 14.5. The molecule has 2 heterocycles. The SMILES string of the molecule is CCCOc1cc(N2CCC3CCC(C2)N3C)ccc1N. The van der Waals surface area contributed by atoms with Gasteiger partial charge in [-0.25, -0.2) is 0 Å². The van der Waals surface area contributed by atoms with Crippen LogP contribution in [-0.4, -0.2) is 43.7 Å². The van der Waals surface area contributed by atoms with E-state index in [0.29, 0.717) is 6.04 Å². The quantitative estimate of drug-likeness (QED) is 0.865. The Morgan fingerprint density at radius 1 is 1.24 bits per heavy atom. The van der Waals surface area contributed by atoms with E-state index in [1.807, 2.05) is 6.07 Å². The van der Waals surface area contributed by atoms with Crippen LogP contribution in [0.25, 0.3) is 0 Å². The molecule has 4 nitrogen and oxygen atoms in total. The van der Waals surface area contributed by atoms with E-state index in [9.17, 15) is 0 Å². The van der Waals surface area contributed by atoms with E-state index in [2.05, 4.69) is 35.9 Å². The molecule has 0 radical (unpaired) electrons. The zero-order valence-corrected chi connectivity index (χ0v) is 13.2. The van der Waals surface area contributed by atoms with E-state index in [1.54, 1.807) is 0 Å². The molecule has 1 aromatic carbocycles. The van der Waals surface area contributed by atoms with Gasteiger partial charge in [0.15, 0.2) is 0 Å². The number of anilines is 2. The molecule has 2 saturated heterocycles. The normalized spacial score (nSPS) is 25.9. The fourth-order valence-electron chi connectivity index (χ4n) is 3.60. The van der Waals surface area contributed by atoms with Gasteiger partial charge in [-0.1, -0.05) is 6.92 Å². The van der Waals surface area contributed by atoms with Crippen molar-refractivity contribution in [3.05, 3.63) is 18.2 Å². The fourth-order valence-corrected chi connectivity index (χ4v) is 3.60. The second-order valence-corrected chi connectivity index (χ2v) is 6.36. The first-order chi connectivity index (χ1) is 10.2. The lowest BCUT2D eigenvalue weighted by atomic mass is 10.1. The summed E-state index contributed by atoms with van der Waals surface area (Å²) in [6.07, 6.45) is 4.94. The second kappa shape index (κ2) is 6.14. The predicted molar refractivity (Wildman–Crippen MR) is 88.0 cm³/mol. The molecule has 0 aromatic heterocycles. The number of fused-ring (bicyclic) bond motifs is 2. The lowest BCUT2D eigenvalue weighted by molar-refractivity contribution is 0.254. The van der Waals surface area contributed by atoms with Crippen molar-refractivity contribution in [2.75, 3.05) is 37.4 Å². The summed E-state index contributed by atoms with van der Waals surface area (Å²) in [6, 6.07) is 7.68. The Hall–Kier alpha value is -1.42. The highest BCUT2D eigenvalue weighted by atomic mass is 16.5. The van der Waals surface area contributed by atoms with Crippen molar-refractivity contribution in [1.82, 2.24) is 4.90 Å². The predicted octanol–water partition coefficient (Wildman–Crippen LogP) is 2.73. The van der Waals surface area contributed by atoms with Crippen LogP contribution in [0.1, 0.15) is 32.6 Å². The number of nitrogens with zero attached hydrogens (tertiary/aromatic N) is 2. The lowest BCUT2D eigenvalue weighted by Gasteiger charge is -2.28. The van der Waals surface area contributed by atoms with Crippen molar-refractivity contribution in [3.8, 4) is 5.75 Å². The highest BCUT2D eigenvalue weighted by Gasteiger charge is 2.34. The van der Waals surface area contributed by atoms with Gasteiger partial charge in [-0.15, -0.1) is 0 Å². The maximum Gasteiger partial charge on any atom is 0.144 e. The van der Waals surface area contributed by atoms with Crippen LogP contribution in [-0.2, 0) is 0 Å². The molecule has 0 spiro atoms. The monoisotopic (exact) mass is 289 g/mol. The molecule has 21 heavy (non-hydrogen) atoms. The number of rotatable bonds is 4. The number of nitrogen functional groups attached to an aromatic ring is 1. The molecular formula is C17H27N3O. The van der Waals surface area contributed by atoms with Crippen LogP contribution in [0.15, 0.2) is 18.2 Å². The standard InChI is InChI=1S/C17H27N3O/c1-3-10-21-17-11-14(6-7-16(17)18)20-9-8-13-4-5-15(12-20)19(13)2/h6-7,11,13,15H,3-5,8-10,12,18H2,1-2H3. The molecule has 2 N–H and O–H groups in total. The van der Waals surface area contributed by atoms with Gasteiger partial charge in [0.2, 0.25) is 0 Å². The number of hydrogen-bond acceptors (Lipinski definition) is 4. The average Bonchev–Trinajstić information content (AvgIpc) is 2.72. The van der Waals surface area contributed by atoms with Gasteiger partial charge in [0.05, 0.1) is 12.3 Å². The largest absolute Gasteiger partial charge is 0.491 e. The molecule has 1 aromatic rings. The molecule has 116 valence electrons. The molecule has 2 atom stereocenters. The molecule has 2 aliphatic rings. The van der Waals surface area contributed by atoms with E-state index in [4.69, 9.17) is 10.5 Å². The van der Waals surface area contributed by atoms with Gasteiger partial charge in [-0.3, -0.25) is 4.90 Å². The highest BCUT2D eigenvalue weighted by molar-refractivity contribution is 5.62. The van der Waals surface area contributed by atoms with Crippen molar-refractivity contribution in [2.24, 2.45) is 0 Å². The van der Waals surface area contributed by atoms with Crippen molar-refractivity contribution in [2.45, 2.75) is 44.7 Å². The van der Waals surface area contributed by atoms with Crippen LogP contribution in [0.3, 0.4) is 0 Å². The van der Waals surface area contributed by atoms with Crippen molar-refractivity contribution >= 4 is 11.4 Å². The van der Waals surface area contributed by atoms with E-state index >= 15 is 0 Å². The maximum atomic E-state index is 6.02. The van der Waals surface area contributed by atoms with Gasteiger partial charge in [0.25, 0.3) is 0 Å². The lowest BCUT2D eigenvalue weighted by Crippen LogP contribution is -2.36. The van der Waals surface area contributed by atoms with Crippen LogP contribution in [0.5, 0.6) is 5.75 Å². The van der Waals surface area contributed by atoms with Crippen LogP contribution in [0.4, 0.5) is 11.4 Å². The molecule has 2 bridgehead atoms. The Balaban J connectivity index is 1.77. The summed E-state index contributed by atoms with van der Waals surface area (Å²) in [5.41, 5.74) is 8.00. The fraction of sp³-hybridized carbons (Fsp3) is 0.647. The number of hydrogen-bond donors (Lipinski definition) is 1. The Labute approximate surface area is 127 Å². The molecular weight excluding hydrogens is 262 g/mol. The number of likely N-dealkylation sites (N-methyl/N-ethyl adjacent to an activating group) is 1. The number of nitrogens with two attached hydrogens (primary N) is 1. The third kappa shape index (κ3) is 2.95. The number of ether oxygens (including phenoxy) is 1. The molecule has 2 aliphatic heterocycles. The van der Waals surface area contributed by atoms with Gasteiger partial charge in [-0.2, -0.15) is 0 Å². The molecule has 3 rings (SSSR count). The minimum absolute atomic E-state index is 0.690. The Morgan fingerprint density at radius 2 is 2.05 bits per heavy atom. The maximum absolute atomic E-state index is 6.02. The highest BCUT2D eigenvalue weighted by Crippen LogP contribution is 2.33. The van der Waals surface area contributed by atoms with Crippen LogP contribution in [0, 0.1) is 0 Å². The summed E-state index contributed by atoms with van der Waals surface area (Å²) in [4.78, 5) is 5.07. The third-order valence-electron chi connectivity index (χ3n) is 4.97. The molecule has 0 aliphatic carbocycles. The zero-order valence-electron chi connectivity index (χ0n) is 13.2. The topological polar surface area (TPSA) is 41.7 Å². The molecule has 0 saturated carbocycles. The van der Waals surface area contributed by atoms with Crippen LogP contribution < -0.4 is 15.4 Å². The van der Waals surface area contributed by atoms with Gasteiger partial charge in [-0.05, 0) is 44.9 Å². The molecule has 2 fully saturated rings. The molecule has 2 unspecified atom stereocenters. The van der Waals surface area contributed by atoms with Gasteiger partial charge >= 0.3 is 0 Å².